The molecule has 5 nitrogen and oxygen atoms in total. The maximum atomic E-state index is 14.7. The molecule has 0 spiro atoms. The van der Waals surface area contributed by atoms with Crippen molar-refractivity contribution in [3.63, 3.8) is 0 Å². The van der Waals surface area contributed by atoms with Crippen molar-refractivity contribution in [3.05, 3.63) is 69.1 Å². The van der Waals surface area contributed by atoms with Crippen LogP contribution in [0.2, 0.25) is 5.02 Å². The fourth-order valence-electron chi connectivity index (χ4n) is 4.28. The van der Waals surface area contributed by atoms with Gasteiger partial charge < -0.3 is 0 Å². The van der Waals surface area contributed by atoms with E-state index in [9.17, 15) is 14.0 Å². The van der Waals surface area contributed by atoms with Crippen LogP contribution in [-0.4, -0.2) is 26.4 Å². The Morgan fingerprint density at radius 2 is 1.91 bits per heavy atom. The summed E-state index contributed by atoms with van der Waals surface area (Å²) in [7, 11) is 0. The van der Waals surface area contributed by atoms with Crippen molar-refractivity contribution in [2.24, 2.45) is 0 Å². The Balaban J connectivity index is 1.62. The number of alkyl halides is 1. The lowest BCUT2D eigenvalue weighted by atomic mass is 9.93. The van der Waals surface area contributed by atoms with Gasteiger partial charge >= 0.3 is 5.69 Å². The van der Waals surface area contributed by atoms with Crippen molar-refractivity contribution < 1.29 is 9.18 Å². The lowest BCUT2D eigenvalue weighted by Crippen LogP contribution is -2.30. The maximum absolute atomic E-state index is 14.7. The minimum atomic E-state index is -1.67. The number of ketones is 1. The van der Waals surface area contributed by atoms with Crippen LogP contribution < -0.4 is 5.69 Å². The summed E-state index contributed by atoms with van der Waals surface area (Å²) < 4.78 is 14.7. The van der Waals surface area contributed by atoms with Crippen LogP contribution in [0.4, 0.5) is 4.39 Å². The van der Waals surface area contributed by atoms with Gasteiger partial charge in [-0.15, -0.1) is 0 Å². The first kappa shape index (κ1) is 23.3. The number of aryl methyl sites for hydroxylation is 1. The van der Waals surface area contributed by atoms with Crippen molar-refractivity contribution in [2.45, 2.75) is 64.0 Å². The van der Waals surface area contributed by atoms with E-state index in [0.717, 1.165) is 29.5 Å². The molecule has 1 aliphatic rings. The van der Waals surface area contributed by atoms with Gasteiger partial charge in [-0.3, -0.25) is 9.78 Å². The number of hydrogen-bond donors (Lipinski definition) is 1. The van der Waals surface area contributed by atoms with Crippen LogP contribution in [0.3, 0.4) is 0 Å². The van der Waals surface area contributed by atoms with Crippen molar-refractivity contribution in [2.75, 3.05) is 0 Å². The number of Topliss-reactive ketones (excluding diaryl/α,β-unsaturated/α-hetero) is 1. The Bertz CT molecular complexity index is 1230. The second kappa shape index (κ2) is 9.56. The smallest absolute Gasteiger partial charge is 0.296 e. The van der Waals surface area contributed by atoms with Gasteiger partial charge in [0.15, 0.2) is 17.3 Å². The zero-order valence-corrected chi connectivity index (χ0v) is 19.6. The van der Waals surface area contributed by atoms with Gasteiger partial charge in [0.1, 0.15) is 5.82 Å². The molecular weight excluding hydrogens is 441 g/mol. The van der Waals surface area contributed by atoms with E-state index in [2.05, 4.69) is 28.8 Å². The highest BCUT2D eigenvalue weighted by Crippen LogP contribution is 2.35. The van der Waals surface area contributed by atoms with Crippen LogP contribution in [0.5, 0.6) is 0 Å². The average molecular weight is 468 g/mol. The zero-order chi connectivity index (χ0) is 23.6. The number of carbonyl (C=O) groups is 1. The molecule has 7 heteroatoms. The summed E-state index contributed by atoms with van der Waals surface area (Å²) >= 11 is 6.43. The van der Waals surface area contributed by atoms with Crippen molar-refractivity contribution in [1.82, 2.24) is 15.0 Å². The monoisotopic (exact) mass is 467 g/mol. The van der Waals surface area contributed by atoms with Gasteiger partial charge in [-0.1, -0.05) is 49.7 Å². The summed E-state index contributed by atoms with van der Waals surface area (Å²) in [5.74, 6) is 0.608. The Labute approximate surface area is 197 Å². The van der Waals surface area contributed by atoms with Gasteiger partial charge in [-0.25, -0.2) is 14.2 Å². The number of nitrogens with zero attached hydrogens (tertiary/aromatic N) is 2. The fourth-order valence-corrected chi connectivity index (χ4v) is 4.49. The van der Waals surface area contributed by atoms with Crippen LogP contribution in [0, 0.1) is 0 Å². The molecule has 0 atom stereocenters. The zero-order valence-electron chi connectivity index (χ0n) is 18.8. The molecule has 172 valence electrons. The molecule has 1 heterocycles. The molecule has 33 heavy (non-hydrogen) atoms. The molecule has 1 saturated carbocycles. The molecule has 0 aliphatic heterocycles. The summed E-state index contributed by atoms with van der Waals surface area (Å²) in [6.45, 7) is 4.19. The van der Waals surface area contributed by atoms with E-state index in [1.807, 2.05) is 30.3 Å². The lowest BCUT2D eigenvalue weighted by molar-refractivity contribution is -0.130. The van der Waals surface area contributed by atoms with E-state index in [1.54, 1.807) is 12.1 Å². The molecule has 0 radical (unpaired) electrons. The largest absolute Gasteiger partial charge is 0.348 e. The van der Waals surface area contributed by atoms with Gasteiger partial charge in [0.2, 0.25) is 0 Å². The topological polar surface area (TPSA) is 75.7 Å². The van der Waals surface area contributed by atoms with E-state index in [-0.39, 0.29) is 12.2 Å². The third-order valence-electron chi connectivity index (χ3n) is 6.28. The minimum absolute atomic E-state index is 0.130. The fraction of sp³-hybridized carbons (Fsp3) is 0.385. The van der Waals surface area contributed by atoms with Gasteiger partial charge in [0.25, 0.3) is 0 Å². The number of carbonyl (C=O) groups excluding carboxylic acids is 1. The summed E-state index contributed by atoms with van der Waals surface area (Å²) in [6.07, 6.45) is 2.69. The highest BCUT2D eigenvalue weighted by Gasteiger charge is 2.40. The highest BCUT2D eigenvalue weighted by atomic mass is 35.5. The SMILES string of the molecule is CC(C)c1cccc(-c2nc(-c3cc(CCC(=O)C4(F)CCCC4)ccc3Cl)[nH]c(=O)n2)c1. The van der Waals surface area contributed by atoms with Crippen molar-refractivity contribution in [3.8, 4) is 22.8 Å². The minimum Gasteiger partial charge on any atom is -0.296 e. The first-order valence-electron chi connectivity index (χ1n) is 11.3. The first-order valence-corrected chi connectivity index (χ1v) is 11.7. The number of halogens is 2. The summed E-state index contributed by atoms with van der Waals surface area (Å²) in [5, 5.41) is 0.416. The first-order chi connectivity index (χ1) is 15.7. The molecule has 4 rings (SSSR count). The third-order valence-corrected chi connectivity index (χ3v) is 6.61. The maximum Gasteiger partial charge on any atom is 0.348 e. The predicted octanol–water partition coefficient (Wildman–Crippen LogP) is 6.06. The van der Waals surface area contributed by atoms with Gasteiger partial charge in [0, 0.05) is 17.5 Å². The number of benzene rings is 2. The van der Waals surface area contributed by atoms with Crippen LogP contribution in [-0.2, 0) is 11.2 Å². The second-order valence-electron chi connectivity index (χ2n) is 9.02. The number of aromatic amines is 1. The van der Waals surface area contributed by atoms with Crippen LogP contribution in [0.1, 0.15) is 63.0 Å². The van der Waals surface area contributed by atoms with Crippen molar-refractivity contribution >= 4 is 17.4 Å². The van der Waals surface area contributed by atoms with Crippen LogP contribution in [0.25, 0.3) is 22.8 Å². The van der Waals surface area contributed by atoms with E-state index in [0.29, 0.717) is 47.4 Å². The predicted molar refractivity (Wildman–Crippen MR) is 128 cm³/mol. The molecule has 0 unspecified atom stereocenters. The quantitative estimate of drug-likeness (QED) is 0.458. The third kappa shape index (κ3) is 5.22. The molecule has 0 bridgehead atoms. The summed E-state index contributed by atoms with van der Waals surface area (Å²) in [4.78, 5) is 36.0. The summed E-state index contributed by atoms with van der Waals surface area (Å²) in [6, 6.07) is 13.1. The number of aromatic nitrogens is 3. The average Bonchev–Trinajstić information content (AvgIpc) is 3.25. The normalized spacial score (nSPS) is 15.2. The van der Waals surface area contributed by atoms with Crippen molar-refractivity contribution in [1.29, 1.82) is 0 Å². The standard InChI is InChI=1S/C26H27ClFN3O2/c1-16(2)18-6-5-7-19(15-18)23-29-24(31-25(33)30-23)20-14-17(8-10-21(20)27)9-11-22(32)26(28)12-3-4-13-26/h5-8,10,14-16H,3-4,9,11-13H2,1-2H3,(H,29,30,31,33). The Morgan fingerprint density at radius 1 is 1.15 bits per heavy atom. The van der Waals surface area contributed by atoms with Crippen LogP contribution >= 0.6 is 11.6 Å². The number of nitrogens with one attached hydrogen (secondary N) is 1. The van der Waals surface area contributed by atoms with Gasteiger partial charge in [-0.05, 0) is 67.3 Å². The van der Waals surface area contributed by atoms with Gasteiger partial charge in [0.05, 0.1) is 5.02 Å². The van der Waals surface area contributed by atoms with E-state index >= 15 is 0 Å². The lowest BCUT2D eigenvalue weighted by Gasteiger charge is -2.17. The summed E-state index contributed by atoms with van der Waals surface area (Å²) in [5.41, 5.74) is 1.03. The Morgan fingerprint density at radius 3 is 2.64 bits per heavy atom. The molecule has 0 amide bonds. The van der Waals surface area contributed by atoms with E-state index < -0.39 is 11.4 Å². The van der Waals surface area contributed by atoms with Gasteiger partial charge in [-0.2, -0.15) is 4.98 Å². The number of hydrogen-bond acceptors (Lipinski definition) is 4. The molecular formula is C26H27ClFN3O2. The number of H-pyrrole nitrogens is 1. The Hall–Kier alpha value is -2.86. The number of rotatable bonds is 7. The molecule has 1 fully saturated rings. The highest BCUT2D eigenvalue weighted by molar-refractivity contribution is 6.33. The Kier molecular flexibility index (Phi) is 6.75. The molecule has 1 N–H and O–H groups in total. The molecule has 3 aromatic rings. The van der Waals surface area contributed by atoms with E-state index in [4.69, 9.17) is 11.6 Å². The second-order valence-corrected chi connectivity index (χ2v) is 9.42. The molecule has 0 saturated heterocycles. The molecule has 1 aromatic heterocycles. The molecule has 1 aliphatic carbocycles. The molecule has 2 aromatic carbocycles. The van der Waals surface area contributed by atoms with Crippen LogP contribution in [0.15, 0.2) is 47.3 Å². The van der Waals surface area contributed by atoms with E-state index in [1.165, 1.54) is 0 Å².